The van der Waals surface area contributed by atoms with Gasteiger partial charge in [-0.05, 0) is 70.8 Å². The maximum absolute atomic E-state index is 12.7. The smallest absolute Gasteiger partial charge is 0.166 e. The second-order valence-corrected chi connectivity index (χ2v) is 9.29. The van der Waals surface area contributed by atoms with E-state index < -0.39 is 23.5 Å². The summed E-state index contributed by atoms with van der Waals surface area (Å²) in [4.78, 5) is 2.06. The third-order valence-electron chi connectivity index (χ3n) is 5.41. The summed E-state index contributed by atoms with van der Waals surface area (Å²) in [6.45, 7) is 0. The largest absolute Gasteiger partial charge is 0.416 e. The first-order valence-corrected chi connectivity index (χ1v) is 12.0. The van der Waals surface area contributed by atoms with Crippen LogP contribution in [0.4, 0.5) is 26.3 Å². The van der Waals surface area contributed by atoms with Crippen LogP contribution in [0, 0.1) is 0 Å². The molecule has 0 spiro atoms. The predicted molar refractivity (Wildman–Crippen MR) is 138 cm³/mol. The molecule has 0 radical (unpaired) electrons. The van der Waals surface area contributed by atoms with Crippen molar-refractivity contribution >= 4 is 36.1 Å². The molecule has 4 aromatic rings. The van der Waals surface area contributed by atoms with Crippen molar-refractivity contribution in [1.82, 2.24) is 0 Å². The summed E-state index contributed by atoms with van der Waals surface area (Å²) in [5, 5.41) is 0. The lowest BCUT2D eigenvalue weighted by Gasteiger charge is -2.06. The second kappa shape index (κ2) is 11.1. The Morgan fingerprint density at radius 3 is 0.865 bits per heavy atom. The highest BCUT2D eigenvalue weighted by Crippen LogP contribution is 2.31. The minimum Gasteiger partial charge on any atom is -0.166 e. The summed E-state index contributed by atoms with van der Waals surface area (Å²) in [7, 11) is 0. The van der Waals surface area contributed by atoms with E-state index in [-0.39, 0.29) is 0 Å². The van der Waals surface area contributed by atoms with Crippen LogP contribution in [-0.4, -0.2) is 0 Å². The van der Waals surface area contributed by atoms with E-state index in [2.05, 4.69) is 0 Å². The van der Waals surface area contributed by atoms with Gasteiger partial charge in [0.2, 0.25) is 0 Å². The third kappa shape index (κ3) is 7.64. The van der Waals surface area contributed by atoms with Crippen molar-refractivity contribution in [2.45, 2.75) is 22.1 Å². The molecule has 0 atom stereocenters. The van der Waals surface area contributed by atoms with E-state index in [9.17, 15) is 26.3 Å². The van der Waals surface area contributed by atoms with Crippen LogP contribution in [-0.2, 0) is 12.4 Å². The fourth-order valence-electron chi connectivity index (χ4n) is 3.38. The van der Waals surface area contributed by atoms with Gasteiger partial charge in [-0.15, -0.1) is 0 Å². The Morgan fingerprint density at radius 2 is 0.622 bits per heavy atom. The molecule has 0 aliphatic heterocycles. The van der Waals surface area contributed by atoms with Crippen LogP contribution in [0.2, 0.25) is 0 Å². The summed E-state index contributed by atoms with van der Waals surface area (Å²) in [6.07, 6.45) is -1.48. The Kier molecular flexibility index (Phi) is 7.93. The monoisotopic (exact) mass is 526 g/mol. The Hall–Kier alpha value is -3.71. The molecular formula is C30H20F6S. The van der Waals surface area contributed by atoms with Gasteiger partial charge in [-0.2, -0.15) is 26.3 Å². The van der Waals surface area contributed by atoms with Gasteiger partial charge in [0.15, 0.2) is 0 Å². The first kappa shape index (κ1) is 26.4. The molecule has 0 aliphatic carbocycles. The zero-order valence-electron chi connectivity index (χ0n) is 19.2. The van der Waals surface area contributed by atoms with E-state index in [1.54, 1.807) is 23.9 Å². The zero-order valence-corrected chi connectivity index (χ0v) is 20.0. The highest BCUT2D eigenvalue weighted by molar-refractivity contribution is 7.99. The van der Waals surface area contributed by atoms with E-state index in [0.29, 0.717) is 11.1 Å². The van der Waals surface area contributed by atoms with Gasteiger partial charge >= 0.3 is 12.4 Å². The lowest BCUT2D eigenvalue weighted by molar-refractivity contribution is -0.138. The van der Waals surface area contributed by atoms with Crippen LogP contribution in [0.3, 0.4) is 0 Å². The van der Waals surface area contributed by atoms with E-state index in [1.807, 2.05) is 60.7 Å². The maximum Gasteiger partial charge on any atom is 0.416 e. The van der Waals surface area contributed by atoms with Crippen LogP contribution >= 0.6 is 11.8 Å². The van der Waals surface area contributed by atoms with Crippen molar-refractivity contribution in [3.63, 3.8) is 0 Å². The van der Waals surface area contributed by atoms with Crippen molar-refractivity contribution in [1.29, 1.82) is 0 Å². The first-order valence-electron chi connectivity index (χ1n) is 11.1. The van der Waals surface area contributed by atoms with E-state index >= 15 is 0 Å². The van der Waals surface area contributed by atoms with E-state index in [1.165, 1.54) is 24.3 Å². The summed E-state index contributed by atoms with van der Waals surface area (Å²) >= 11 is 1.58. The zero-order chi connectivity index (χ0) is 26.5. The number of alkyl halides is 6. The average molecular weight is 527 g/mol. The number of hydrogen-bond donors (Lipinski definition) is 0. The molecule has 4 rings (SSSR count). The van der Waals surface area contributed by atoms with Crippen LogP contribution in [0.25, 0.3) is 24.3 Å². The molecule has 0 aromatic heterocycles. The molecule has 37 heavy (non-hydrogen) atoms. The normalized spacial score (nSPS) is 12.5. The number of benzene rings is 4. The summed E-state index contributed by atoms with van der Waals surface area (Å²) in [6, 6.07) is 25.6. The van der Waals surface area contributed by atoms with Crippen LogP contribution in [0.5, 0.6) is 0 Å². The lowest BCUT2D eigenvalue weighted by Crippen LogP contribution is -2.03. The maximum atomic E-state index is 12.7. The fraction of sp³-hybridized carbons (Fsp3) is 0.0667. The highest BCUT2D eigenvalue weighted by Gasteiger charge is 2.30. The quantitative estimate of drug-likeness (QED) is 0.178. The SMILES string of the molecule is FC(F)(F)c1ccc(C=Cc2ccc(Sc3ccc(C=Cc4ccc(C(F)(F)F)cc4)cc3)cc2)cc1. The van der Waals surface area contributed by atoms with Gasteiger partial charge in [-0.1, -0.05) is 84.6 Å². The molecule has 0 bridgehead atoms. The Balaban J connectivity index is 1.33. The van der Waals surface area contributed by atoms with Gasteiger partial charge in [-0.3, -0.25) is 0 Å². The van der Waals surface area contributed by atoms with Crippen LogP contribution in [0.1, 0.15) is 33.4 Å². The number of halogens is 6. The second-order valence-electron chi connectivity index (χ2n) is 8.15. The Bertz CT molecular complexity index is 1250. The Morgan fingerprint density at radius 1 is 0.378 bits per heavy atom. The lowest BCUT2D eigenvalue weighted by atomic mass is 10.1. The van der Waals surface area contributed by atoms with Crippen molar-refractivity contribution in [3.8, 4) is 0 Å². The van der Waals surface area contributed by atoms with Crippen molar-refractivity contribution in [3.05, 3.63) is 130 Å². The molecule has 0 heterocycles. The highest BCUT2D eigenvalue weighted by atomic mass is 32.2. The molecule has 0 nitrogen and oxygen atoms in total. The molecular weight excluding hydrogens is 506 g/mol. The molecule has 0 N–H and O–H groups in total. The topological polar surface area (TPSA) is 0 Å². The summed E-state index contributed by atoms with van der Waals surface area (Å²) < 4.78 is 76.0. The summed E-state index contributed by atoms with van der Waals surface area (Å²) in [5.41, 5.74) is 1.86. The molecule has 0 amide bonds. The van der Waals surface area contributed by atoms with Crippen molar-refractivity contribution < 1.29 is 26.3 Å². The van der Waals surface area contributed by atoms with Crippen molar-refractivity contribution in [2.24, 2.45) is 0 Å². The molecule has 188 valence electrons. The minimum absolute atomic E-state index is 0.672. The van der Waals surface area contributed by atoms with Gasteiger partial charge in [0, 0.05) is 9.79 Å². The number of rotatable bonds is 6. The predicted octanol–water partition coefficient (Wildman–Crippen LogP) is 10.2. The van der Waals surface area contributed by atoms with E-state index in [0.717, 1.165) is 45.2 Å². The fourth-order valence-corrected chi connectivity index (χ4v) is 4.20. The van der Waals surface area contributed by atoms with Gasteiger partial charge < -0.3 is 0 Å². The molecule has 0 aliphatic rings. The standard InChI is InChI=1S/C30H20F6S/c31-29(32,33)25-13-5-21(6-14-25)1-3-23-9-17-27(18-10-23)37-28-19-11-24(12-20-28)4-2-22-7-15-26(16-8-22)30(34,35)36/h1-20H. The van der Waals surface area contributed by atoms with Gasteiger partial charge in [-0.25, -0.2) is 0 Å². The van der Waals surface area contributed by atoms with Gasteiger partial charge in [0.25, 0.3) is 0 Å². The van der Waals surface area contributed by atoms with E-state index in [4.69, 9.17) is 0 Å². The first-order chi connectivity index (χ1) is 17.6. The number of hydrogen-bond acceptors (Lipinski definition) is 1. The van der Waals surface area contributed by atoms with Gasteiger partial charge in [0.05, 0.1) is 11.1 Å². The van der Waals surface area contributed by atoms with Gasteiger partial charge in [0.1, 0.15) is 0 Å². The van der Waals surface area contributed by atoms with Crippen LogP contribution in [0.15, 0.2) is 107 Å². The van der Waals surface area contributed by atoms with Crippen molar-refractivity contribution in [2.75, 3.05) is 0 Å². The molecule has 0 saturated heterocycles. The molecule has 0 fully saturated rings. The molecule has 0 unspecified atom stereocenters. The third-order valence-corrected chi connectivity index (χ3v) is 6.42. The summed E-state index contributed by atoms with van der Waals surface area (Å²) in [5.74, 6) is 0. The average Bonchev–Trinajstić information content (AvgIpc) is 2.87. The molecule has 4 aromatic carbocycles. The Labute approximate surface area is 215 Å². The molecule has 7 heteroatoms. The molecule has 0 saturated carbocycles. The van der Waals surface area contributed by atoms with Crippen LogP contribution < -0.4 is 0 Å². The minimum atomic E-state index is -4.35.